The highest BCUT2D eigenvalue weighted by Crippen LogP contribution is 2.44. The summed E-state index contributed by atoms with van der Waals surface area (Å²) in [5.74, 6) is -1.84. The number of nitrogens with zero attached hydrogens (tertiary/aromatic N) is 3. The van der Waals surface area contributed by atoms with E-state index < -0.39 is 34.2 Å². The van der Waals surface area contributed by atoms with Crippen molar-refractivity contribution < 1.29 is 18.3 Å². The van der Waals surface area contributed by atoms with Crippen molar-refractivity contribution >= 4 is 22.5 Å². The van der Waals surface area contributed by atoms with Gasteiger partial charge >= 0.3 is 5.69 Å². The molecule has 5 rings (SSSR count). The van der Waals surface area contributed by atoms with Crippen LogP contribution in [0.1, 0.15) is 36.4 Å². The van der Waals surface area contributed by atoms with Crippen LogP contribution in [-0.4, -0.2) is 26.4 Å². The highest BCUT2D eigenvalue weighted by molar-refractivity contribution is 6.32. The lowest BCUT2D eigenvalue weighted by Gasteiger charge is -2.31. The molecule has 1 aliphatic rings. The minimum absolute atomic E-state index is 0.0240. The molecule has 9 nitrogen and oxygen atoms in total. The van der Waals surface area contributed by atoms with Crippen LogP contribution in [0.3, 0.4) is 0 Å². The Morgan fingerprint density at radius 3 is 2.69 bits per heavy atom. The maximum Gasteiger partial charge on any atom is 0.349 e. The van der Waals surface area contributed by atoms with E-state index in [2.05, 4.69) is 10.1 Å². The number of rotatable bonds is 3. The lowest BCUT2D eigenvalue weighted by Crippen LogP contribution is -2.33. The third-order valence-corrected chi connectivity index (χ3v) is 6.31. The highest BCUT2D eigenvalue weighted by atomic mass is 35.5. The van der Waals surface area contributed by atoms with Crippen LogP contribution in [-0.2, 0) is 16.8 Å². The molecule has 0 unspecified atom stereocenters. The summed E-state index contributed by atoms with van der Waals surface area (Å²) in [6.45, 7) is 5.57. The second-order valence-corrected chi connectivity index (χ2v) is 9.22. The standard InChI is InChI=1S/C24H18ClF2N5O4/c1-10-6-11(32-23(34)30-22(33)15(9-28)31-32)7-12(25)21(10)36-16-8-13(26)20-17(19(16)27)18-14(29-20)4-5-35-24(18,2)3/h6-8,29H,4-5H2,1-3H3,(H,30,33,34). The molecule has 0 saturated carbocycles. The molecule has 1 aliphatic heterocycles. The molecule has 0 fully saturated rings. The molecule has 12 heteroatoms. The Morgan fingerprint density at radius 2 is 2.00 bits per heavy atom. The van der Waals surface area contributed by atoms with Crippen molar-refractivity contribution in [2.24, 2.45) is 0 Å². The van der Waals surface area contributed by atoms with Gasteiger partial charge in [0.1, 0.15) is 11.8 Å². The second-order valence-electron chi connectivity index (χ2n) is 8.82. The number of aryl methyl sites for hydroxylation is 1. The van der Waals surface area contributed by atoms with Crippen LogP contribution in [0.25, 0.3) is 16.6 Å². The number of benzene rings is 2. The van der Waals surface area contributed by atoms with Crippen molar-refractivity contribution in [3.05, 3.63) is 78.2 Å². The number of nitriles is 1. The lowest BCUT2D eigenvalue weighted by atomic mass is 9.91. The minimum Gasteiger partial charge on any atom is -0.452 e. The fourth-order valence-corrected chi connectivity index (χ4v) is 4.75. The van der Waals surface area contributed by atoms with E-state index in [-0.39, 0.29) is 33.1 Å². The van der Waals surface area contributed by atoms with Gasteiger partial charge in [-0.3, -0.25) is 9.78 Å². The van der Waals surface area contributed by atoms with Crippen molar-refractivity contribution in [2.75, 3.05) is 6.61 Å². The zero-order valence-electron chi connectivity index (χ0n) is 19.3. The first-order valence-corrected chi connectivity index (χ1v) is 11.2. The van der Waals surface area contributed by atoms with Gasteiger partial charge in [-0.1, -0.05) is 11.6 Å². The molecule has 2 aromatic carbocycles. The lowest BCUT2D eigenvalue weighted by molar-refractivity contribution is -0.0307. The zero-order chi connectivity index (χ0) is 25.9. The Morgan fingerprint density at radius 1 is 1.25 bits per heavy atom. The number of ether oxygens (including phenoxy) is 2. The number of halogens is 3. The maximum absolute atomic E-state index is 15.8. The van der Waals surface area contributed by atoms with Crippen LogP contribution in [0, 0.1) is 29.9 Å². The first-order valence-electron chi connectivity index (χ1n) is 10.8. The van der Waals surface area contributed by atoms with Gasteiger partial charge in [-0.05, 0) is 38.5 Å². The smallest absolute Gasteiger partial charge is 0.349 e. The van der Waals surface area contributed by atoms with Gasteiger partial charge in [0, 0.05) is 29.1 Å². The first kappa shape index (κ1) is 23.7. The van der Waals surface area contributed by atoms with Gasteiger partial charge in [-0.15, -0.1) is 5.10 Å². The summed E-state index contributed by atoms with van der Waals surface area (Å²) < 4.78 is 43.1. The predicted molar refractivity (Wildman–Crippen MR) is 126 cm³/mol. The zero-order valence-corrected chi connectivity index (χ0v) is 20.0. The monoisotopic (exact) mass is 513 g/mol. The molecule has 0 bridgehead atoms. The molecule has 184 valence electrons. The predicted octanol–water partition coefficient (Wildman–Crippen LogP) is 4.11. The highest BCUT2D eigenvalue weighted by Gasteiger charge is 2.35. The average molecular weight is 514 g/mol. The molecule has 0 atom stereocenters. The molecule has 0 spiro atoms. The molecule has 36 heavy (non-hydrogen) atoms. The fraction of sp³-hybridized carbons (Fsp3) is 0.250. The van der Waals surface area contributed by atoms with Crippen LogP contribution in [0.15, 0.2) is 27.8 Å². The Balaban J connectivity index is 1.62. The molecule has 2 aromatic heterocycles. The molecule has 3 heterocycles. The summed E-state index contributed by atoms with van der Waals surface area (Å²) in [7, 11) is 0. The Kier molecular flexibility index (Phi) is 5.46. The normalized spacial score (nSPS) is 14.5. The average Bonchev–Trinajstić information content (AvgIpc) is 3.21. The first-order chi connectivity index (χ1) is 17.0. The second kappa shape index (κ2) is 8.29. The summed E-state index contributed by atoms with van der Waals surface area (Å²) in [4.78, 5) is 28.8. The van der Waals surface area contributed by atoms with Gasteiger partial charge in [0.05, 0.1) is 28.4 Å². The third kappa shape index (κ3) is 3.66. The molecule has 0 saturated heterocycles. The van der Waals surface area contributed by atoms with E-state index in [1.54, 1.807) is 26.8 Å². The SMILES string of the molecule is Cc1cc(-n2nc(C#N)c(=O)[nH]c2=O)cc(Cl)c1Oc1cc(F)c2[nH]c3c(c2c1F)C(C)(C)OCC3. The van der Waals surface area contributed by atoms with Gasteiger partial charge < -0.3 is 14.5 Å². The number of nitrogens with one attached hydrogen (secondary N) is 2. The van der Waals surface area contributed by atoms with Gasteiger partial charge in [-0.2, -0.15) is 9.94 Å². The molecule has 4 aromatic rings. The molecule has 2 N–H and O–H groups in total. The molecule has 0 aliphatic carbocycles. The Hall–Kier alpha value is -4.01. The number of hydrogen-bond donors (Lipinski definition) is 2. The van der Waals surface area contributed by atoms with E-state index in [0.29, 0.717) is 29.8 Å². The fourth-order valence-electron chi connectivity index (χ4n) is 4.45. The van der Waals surface area contributed by atoms with Crippen molar-refractivity contribution in [1.82, 2.24) is 19.7 Å². The summed E-state index contributed by atoms with van der Waals surface area (Å²) in [5.41, 5.74) is -1.43. The maximum atomic E-state index is 15.8. The van der Waals surface area contributed by atoms with Crippen molar-refractivity contribution in [3.8, 4) is 23.3 Å². The van der Waals surface area contributed by atoms with Crippen molar-refractivity contribution in [3.63, 3.8) is 0 Å². The Labute approximate surface area is 206 Å². The van der Waals surface area contributed by atoms with Crippen LogP contribution in [0.4, 0.5) is 8.78 Å². The Bertz CT molecular complexity index is 1710. The molecule has 0 amide bonds. The number of aromatic nitrogens is 4. The largest absolute Gasteiger partial charge is 0.452 e. The molecule has 0 radical (unpaired) electrons. The third-order valence-electron chi connectivity index (χ3n) is 6.03. The minimum atomic E-state index is -0.921. The number of fused-ring (bicyclic) bond motifs is 3. The number of H-pyrrole nitrogens is 2. The van der Waals surface area contributed by atoms with Crippen LogP contribution in [0.5, 0.6) is 11.5 Å². The van der Waals surface area contributed by atoms with E-state index in [1.165, 1.54) is 12.1 Å². The van der Waals surface area contributed by atoms with Gasteiger partial charge in [0.25, 0.3) is 5.56 Å². The van der Waals surface area contributed by atoms with Crippen LogP contribution < -0.4 is 16.0 Å². The van der Waals surface area contributed by atoms with E-state index in [0.717, 1.165) is 10.7 Å². The quantitative estimate of drug-likeness (QED) is 0.424. The van der Waals surface area contributed by atoms with Crippen LogP contribution in [0.2, 0.25) is 5.02 Å². The summed E-state index contributed by atoms with van der Waals surface area (Å²) in [6, 6.07) is 5.26. The summed E-state index contributed by atoms with van der Waals surface area (Å²) in [6.07, 6.45) is 0.487. The number of aromatic amines is 2. The van der Waals surface area contributed by atoms with Crippen molar-refractivity contribution in [1.29, 1.82) is 5.26 Å². The molecular weight excluding hydrogens is 496 g/mol. The van der Waals surface area contributed by atoms with Crippen molar-refractivity contribution in [2.45, 2.75) is 32.8 Å². The van der Waals surface area contributed by atoms with Gasteiger partial charge in [0.15, 0.2) is 17.4 Å². The summed E-state index contributed by atoms with van der Waals surface area (Å²) >= 11 is 6.39. The number of hydrogen-bond acceptors (Lipinski definition) is 6. The van der Waals surface area contributed by atoms with E-state index in [9.17, 15) is 9.59 Å². The van der Waals surface area contributed by atoms with E-state index in [4.69, 9.17) is 26.3 Å². The molecular formula is C24H18ClF2N5O4. The van der Waals surface area contributed by atoms with E-state index >= 15 is 8.78 Å². The van der Waals surface area contributed by atoms with Gasteiger partial charge in [-0.25, -0.2) is 13.6 Å². The summed E-state index contributed by atoms with van der Waals surface area (Å²) in [5, 5.41) is 12.8. The topological polar surface area (TPSA) is 126 Å². The van der Waals surface area contributed by atoms with Crippen LogP contribution >= 0.6 is 11.6 Å². The van der Waals surface area contributed by atoms with Gasteiger partial charge in [0.2, 0.25) is 5.69 Å². The van der Waals surface area contributed by atoms with E-state index in [1.807, 2.05) is 4.98 Å².